The molecular weight excluding hydrogens is 168 g/mol. The summed E-state index contributed by atoms with van der Waals surface area (Å²) in [5.41, 5.74) is 0.251. The Morgan fingerprint density at radius 1 is 1.46 bits per heavy atom. The van der Waals surface area contributed by atoms with E-state index in [1.807, 2.05) is 0 Å². The van der Waals surface area contributed by atoms with Crippen LogP contribution in [0.5, 0.6) is 0 Å². The van der Waals surface area contributed by atoms with Gasteiger partial charge in [-0.15, -0.1) is 0 Å². The lowest BCUT2D eigenvalue weighted by Gasteiger charge is -2.09. The number of aromatic nitrogens is 1. The number of pyridine rings is 1. The maximum absolute atomic E-state index is 11.4. The zero-order chi connectivity index (χ0) is 10.0. The molecule has 0 unspecified atom stereocenters. The van der Waals surface area contributed by atoms with Gasteiger partial charge >= 0.3 is 0 Å². The Bertz CT molecular complexity index is 379. The van der Waals surface area contributed by atoms with Gasteiger partial charge in [0.2, 0.25) is 0 Å². The van der Waals surface area contributed by atoms with Crippen LogP contribution in [0.25, 0.3) is 0 Å². The van der Waals surface area contributed by atoms with Crippen LogP contribution in [0, 0.1) is 0 Å². The van der Waals surface area contributed by atoms with Gasteiger partial charge in [-0.05, 0) is 6.07 Å². The third-order valence-corrected chi connectivity index (χ3v) is 1.76. The molecule has 0 saturated heterocycles. The van der Waals surface area contributed by atoms with Crippen LogP contribution in [0.1, 0.15) is 10.4 Å². The van der Waals surface area contributed by atoms with E-state index in [2.05, 4.69) is 0 Å². The normalized spacial score (nSPS) is 9.77. The first-order valence-corrected chi connectivity index (χ1v) is 3.90. The van der Waals surface area contributed by atoms with Crippen molar-refractivity contribution < 1.29 is 4.79 Å². The molecule has 0 aromatic carbocycles. The van der Waals surface area contributed by atoms with E-state index in [1.54, 1.807) is 33.4 Å². The summed E-state index contributed by atoms with van der Waals surface area (Å²) in [6.45, 7) is 0. The molecule has 1 aromatic heterocycles. The number of carbonyl (C=O) groups excluding carboxylic acids is 1. The first-order valence-electron chi connectivity index (χ1n) is 3.90. The largest absolute Gasteiger partial charge is 0.345 e. The number of hydrogen-bond acceptors (Lipinski definition) is 2. The predicted octanol–water partition coefficient (Wildman–Crippen LogP) is 0.0871. The highest BCUT2D eigenvalue weighted by Crippen LogP contribution is 1.97. The lowest BCUT2D eigenvalue weighted by molar-refractivity contribution is 0.0827. The molecule has 1 amide bonds. The molecule has 4 heteroatoms. The van der Waals surface area contributed by atoms with Gasteiger partial charge in [-0.1, -0.05) is 0 Å². The third-order valence-electron chi connectivity index (χ3n) is 1.76. The van der Waals surface area contributed by atoms with Crippen LogP contribution in [0.4, 0.5) is 0 Å². The molecule has 0 aliphatic rings. The minimum Gasteiger partial charge on any atom is -0.345 e. The minimum atomic E-state index is -0.173. The van der Waals surface area contributed by atoms with Crippen molar-refractivity contribution in [2.45, 2.75) is 0 Å². The van der Waals surface area contributed by atoms with Gasteiger partial charge in [0, 0.05) is 39.0 Å². The monoisotopic (exact) mass is 180 g/mol. The lowest BCUT2D eigenvalue weighted by Crippen LogP contribution is -2.24. The Morgan fingerprint density at radius 3 is 2.54 bits per heavy atom. The summed E-state index contributed by atoms with van der Waals surface area (Å²) in [7, 11) is 4.95. The Morgan fingerprint density at radius 2 is 2.08 bits per heavy atom. The molecule has 0 aliphatic carbocycles. The van der Waals surface area contributed by atoms with Crippen molar-refractivity contribution in [1.29, 1.82) is 0 Å². The first-order chi connectivity index (χ1) is 6.02. The van der Waals surface area contributed by atoms with E-state index in [0.717, 1.165) is 0 Å². The highest BCUT2D eigenvalue weighted by molar-refractivity contribution is 5.93. The van der Waals surface area contributed by atoms with Gasteiger partial charge in [0.15, 0.2) is 0 Å². The van der Waals surface area contributed by atoms with Crippen LogP contribution in [-0.2, 0) is 7.05 Å². The molecular formula is C9H12N2O2. The number of amides is 1. The molecule has 13 heavy (non-hydrogen) atoms. The molecule has 0 aliphatic heterocycles. The standard InChI is InChI=1S/C9H12N2O2/c1-10(2)9(13)7-4-5-11(3)8(12)6-7/h4-6H,1-3H3. The highest BCUT2D eigenvalue weighted by atomic mass is 16.2. The van der Waals surface area contributed by atoms with Gasteiger partial charge in [-0.2, -0.15) is 0 Å². The second kappa shape index (κ2) is 3.43. The molecule has 0 atom stereocenters. The van der Waals surface area contributed by atoms with Crippen LogP contribution in [0.3, 0.4) is 0 Å². The van der Waals surface area contributed by atoms with Gasteiger partial charge in [0.25, 0.3) is 11.5 Å². The van der Waals surface area contributed by atoms with Crippen molar-refractivity contribution in [2.24, 2.45) is 7.05 Å². The average Bonchev–Trinajstić information content (AvgIpc) is 2.08. The first kappa shape index (κ1) is 9.51. The lowest BCUT2D eigenvalue weighted by atomic mass is 10.2. The maximum Gasteiger partial charge on any atom is 0.253 e. The zero-order valence-electron chi connectivity index (χ0n) is 7.94. The van der Waals surface area contributed by atoms with Crippen molar-refractivity contribution in [3.63, 3.8) is 0 Å². The van der Waals surface area contributed by atoms with Gasteiger partial charge in [0.05, 0.1) is 0 Å². The number of hydrogen-bond donors (Lipinski definition) is 0. The van der Waals surface area contributed by atoms with Crippen LogP contribution >= 0.6 is 0 Å². The summed E-state index contributed by atoms with van der Waals surface area (Å²) in [6.07, 6.45) is 1.58. The zero-order valence-corrected chi connectivity index (χ0v) is 7.94. The Hall–Kier alpha value is -1.58. The predicted molar refractivity (Wildman–Crippen MR) is 49.7 cm³/mol. The van der Waals surface area contributed by atoms with Gasteiger partial charge in [0.1, 0.15) is 0 Å². The van der Waals surface area contributed by atoms with Crippen LogP contribution in [0.15, 0.2) is 23.1 Å². The summed E-state index contributed by atoms with van der Waals surface area (Å²) >= 11 is 0. The summed E-state index contributed by atoms with van der Waals surface area (Å²) in [5.74, 6) is -0.155. The van der Waals surface area contributed by atoms with Crippen LogP contribution in [-0.4, -0.2) is 29.5 Å². The number of nitrogens with zero attached hydrogens (tertiary/aromatic N) is 2. The quantitative estimate of drug-likeness (QED) is 0.614. The molecule has 70 valence electrons. The molecule has 0 radical (unpaired) electrons. The van der Waals surface area contributed by atoms with Crippen molar-refractivity contribution in [2.75, 3.05) is 14.1 Å². The summed E-state index contributed by atoms with van der Waals surface area (Å²) in [6, 6.07) is 2.96. The third kappa shape index (κ3) is 1.96. The molecule has 1 aromatic rings. The molecule has 4 nitrogen and oxygen atoms in total. The van der Waals surface area contributed by atoms with Crippen molar-refractivity contribution in [3.05, 3.63) is 34.2 Å². The Labute approximate surface area is 76.4 Å². The fourth-order valence-electron chi connectivity index (χ4n) is 0.940. The molecule has 0 saturated carbocycles. The van der Waals surface area contributed by atoms with Gasteiger partial charge in [-0.3, -0.25) is 9.59 Å². The SMILES string of the molecule is CN(C)C(=O)c1ccn(C)c(=O)c1. The second-order valence-electron chi connectivity index (χ2n) is 3.06. The molecule has 0 spiro atoms. The van der Waals surface area contributed by atoms with E-state index >= 15 is 0 Å². The smallest absolute Gasteiger partial charge is 0.253 e. The Balaban J connectivity index is 3.12. The second-order valence-corrected chi connectivity index (χ2v) is 3.06. The van der Waals surface area contributed by atoms with E-state index in [0.29, 0.717) is 5.56 Å². The van der Waals surface area contributed by atoms with E-state index in [-0.39, 0.29) is 11.5 Å². The number of rotatable bonds is 1. The highest BCUT2D eigenvalue weighted by Gasteiger charge is 2.07. The minimum absolute atomic E-state index is 0.155. The van der Waals surface area contributed by atoms with Crippen molar-refractivity contribution in [3.8, 4) is 0 Å². The van der Waals surface area contributed by atoms with Crippen LogP contribution < -0.4 is 5.56 Å². The fourth-order valence-corrected chi connectivity index (χ4v) is 0.940. The molecule has 1 rings (SSSR count). The topological polar surface area (TPSA) is 42.3 Å². The fraction of sp³-hybridized carbons (Fsp3) is 0.333. The molecule has 0 bridgehead atoms. The number of aryl methyl sites for hydroxylation is 1. The van der Waals surface area contributed by atoms with E-state index in [4.69, 9.17) is 0 Å². The van der Waals surface area contributed by atoms with E-state index in [9.17, 15) is 9.59 Å². The summed E-state index contributed by atoms with van der Waals surface area (Å²) in [5, 5.41) is 0. The molecule has 0 N–H and O–H groups in total. The van der Waals surface area contributed by atoms with E-state index < -0.39 is 0 Å². The average molecular weight is 180 g/mol. The summed E-state index contributed by atoms with van der Waals surface area (Å²) in [4.78, 5) is 24.0. The van der Waals surface area contributed by atoms with Crippen molar-refractivity contribution in [1.82, 2.24) is 9.47 Å². The van der Waals surface area contributed by atoms with E-state index in [1.165, 1.54) is 15.5 Å². The van der Waals surface area contributed by atoms with Gasteiger partial charge < -0.3 is 9.47 Å². The number of carbonyl (C=O) groups is 1. The molecule has 1 heterocycles. The van der Waals surface area contributed by atoms with Crippen molar-refractivity contribution >= 4 is 5.91 Å². The Kier molecular flexibility index (Phi) is 2.51. The summed E-state index contributed by atoms with van der Waals surface area (Å²) < 4.78 is 1.42. The molecule has 0 fully saturated rings. The van der Waals surface area contributed by atoms with Crippen LogP contribution in [0.2, 0.25) is 0 Å². The van der Waals surface area contributed by atoms with Gasteiger partial charge in [-0.25, -0.2) is 0 Å². The maximum atomic E-state index is 11.4.